The largest absolute Gasteiger partial charge is 0.369 e. The van der Waals surface area contributed by atoms with Crippen molar-refractivity contribution in [1.29, 1.82) is 0 Å². The van der Waals surface area contributed by atoms with Crippen molar-refractivity contribution in [2.75, 3.05) is 5.75 Å². The first kappa shape index (κ1) is 9.38. The molecule has 1 heterocycles. The Morgan fingerprint density at radius 2 is 2.40 bits per heavy atom. The van der Waals surface area contributed by atoms with E-state index in [4.69, 9.17) is 0 Å². The van der Waals surface area contributed by atoms with Crippen LogP contribution in [0.25, 0.3) is 0 Å². The van der Waals surface area contributed by atoms with Crippen LogP contribution in [0, 0.1) is 0 Å². The van der Waals surface area contributed by atoms with Crippen LogP contribution in [-0.4, -0.2) is 21.2 Å². The third-order valence-corrected chi connectivity index (χ3v) is 1.18. The Kier molecular flexibility index (Phi) is 6.10. The van der Waals surface area contributed by atoms with Crippen molar-refractivity contribution in [3.63, 3.8) is 0 Å². The first-order valence-corrected chi connectivity index (χ1v) is 3.84. The second kappa shape index (κ2) is 6.50. The molecule has 0 aliphatic carbocycles. The van der Waals surface area contributed by atoms with E-state index in [0.29, 0.717) is 0 Å². The summed E-state index contributed by atoms with van der Waals surface area (Å²) in [4.78, 5) is 9.51. The fourth-order valence-corrected chi connectivity index (χ4v) is 0.408. The number of hydrogen-bond donors (Lipinski definition) is 2. The maximum Gasteiger partial charge on any atom is 0.227 e. The lowest BCUT2D eigenvalue weighted by atomic mass is 10.8. The van der Waals surface area contributed by atoms with Crippen molar-refractivity contribution in [2.24, 2.45) is 5.73 Å². The number of amides is 1. The van der Waals surface area contributed by atoms with Crippen molar-refractivity contribution in [3.8, 4) is 0 Å². The molecule has 56 valence electrons. The number of rotatable bonds is 1. The molecule has 6 heteroatoms. The Labute approximate surface area is 68.0 Å². The molecule has 1 aromatic heterocycles. The van der Waals surface area contributed by atoms with Gasteiger partial charge in [-0.3, -0.25) is 4.79 Å². The molecular formula is C4H7N3OS2. The summed E-state index contributed by atoms with van der Waals surface area (Å²) in [5.74, 6) is -0.242. The number of hydrogen-bond acceptors (Lipinski definition) is 5. The van der Waals surface area contributed by atoms with Crippen molar-refractivity contribution >= 4 is 30.1 Å². The summed E-state index contributed by atoms with van der Waals surface area (Å²) in [7, 11) is 0. The Morgan fingerprint density at radius 1 is 1.80 bits per heavy atom. The lowest BCUT2D eigenvalue weighted by Crippen LogP contribution is -2.10. The lowest BCUT2D eigenvalue weighted by Gasteiger charge is -1.72. The summed E-state index contributed by atoms with van der Waals surface area (Å²) in [6.45, 7) is 0. The molecule has 2 N–H and O–H groups in total. The van der Waals surface area contributed by atoms with Gasteiger partial charge in [0.15, 0.2) is 0 Å². The van der Waals surface area contributed by atoms with Crippen LogP contribution in [0.5, 0.6) is 0 Å². The Bertz CT molecular complexity index is 148. The van der Waals surface area contributed by atoms with Gasteiger partial charge in [-0.2, -0.15) is 12.6 Å². The van der Waals surface area contributed by atoms with Crippen LogP contribution < -0.4 is 5.73 Å². The second-order valence-electron chi connectivity index (χ2n) is 1.21. The van der Waals surface area contributed by atoms with Crippen LogP contribution in [0.15, 0.2) is 11.6 Å². The van der Waals surface area contributed by atoms with Crippen LogP contribution >= 0.6 is 24.2 Å². The summed E-state index contributed by atoms with van der Waals surface area (Å²) in [5, 5.41) is 5.31. The van der Waals surface area contributed by atoms with E-state index in [1.807, 2.05) is 5.38 Å². The van der Waals surface area contributed by atoms with E-state index in [2.05, 4.69) is 27.9 Å². The number of carbonyl (C=O) groups excluding carboxylic acids is 1. The molecule has 0 fully saturated rings. The third kappa shape index (κ3) is 7.38. The summed E-state index contributed by atoms with van der Waals surface area (Å²) < 4.78 is 3.51. The standard InChI is InChI=1S/C2H2N2S.C2H5NOS/c1-2-5-4-3-1;3-2(4)1-5/h1-2H;5H,1H2,(H2,3,4). The van der Waals surface area contributed by atoms with E-state index in [1.165, 1.54) is 11.5 Å². The zero-order valence-corrected chi connectivity index (χ0v) is 6.81. The maximum absolute atomic E-state index is 9.51. The van der Waals surface area contributed by atoms with E-state index in [0.717, 1.165) is 0 Å². The van der Waals surface area contributed by atoms with Gasteiger partial charge in [-0.1, -0.05) is 4.49 Å². The van der Waals surface area contributed by atoms with Gasteiger partial charge in [0.2, 0.25) is 5.91 Å². The molecule has 0 bridgehead atoms. The van der Waals surface area contributed by atoms with Crippen LogP contribution in [0.2, 0.25) is 0 Å². The zero-order valence-electron chi connectivity index (χ0n) is 5.10. The molecule has 0 unspecified atom stereocenters. The number of carbonyl (C=O) groups is 1. The average Bonchev–Trinajstić information content (AvgIpc) is 2.43. The van der Waals surface area contributed by atoms with Gasteiger partial charge in [-0.25, -0.2) is 0 Å². The van der Waals surface area contributed by atoms with E-state index in [9.17, 15) is 4.79 Å². The quantitative estimate of drug-likeness (QED) is 0.590. The molecule has 4 nitrogen and oxygen atoms in total. The summed E-state index contributed by atoms with van der Waals surface area (Å²) in [6, 6.07) is 0. The first-order valence-electron chi connectivity index (χ1n) is 2.37. The monoisotopic (exact) mass is 177 g/mol. The van der Waals surface area contributed by atoms with Crippen molar-refractivity contribution in [2.45, 2.75) is 0 Å². The lowest BCUT2D eigenvalue weighted by molar-refractivity contribution is -0.115. The molecule has 0 saturated carbocycles. The molecule has 0 saturated heterocycles. The van der Waals surface area contributed by atoms with Crippen LogP contribution in [0.3, 0.4) is 0 Å². The SMILES string of the molecule is NC(=O)CS.c1csnn1. The molecule has 0 aliphatic heterocycles. The molecule has 0 aliphatic rings. The van der Waals surface area contributed by atoms with E-state index >= 15 is 0 Å². The highest BCUT2D eigenvalue weighted by Gasteiger charge is 1.78. The van der Waals surface area contributed by atoms with Gasteiger partial charge in [0.05, 0.1) is 11.9 Å². The summed E-state index contributed by atoms with van der Waals surface area (Å²) in [5.41, 5.74) is 4.58. The van der Waals surface area contributed by atoms with Crippen LogP contribution in [0.4, 0.5) is 0 Å². The van der Waals surface area contributed by atoms with Crippen molar-refractivity contribution in [3.05, 3.63) is 11.6 Å². The van der Waals surface area contributed by atoms with Gasteiger partial charge in [0, 0.05) is 5.38 Å². The van der Waals surface area contributed by atoms with Crippen molar-refractivity contribution in [1.82, 2.24) is 9.59 Å². The number of primary amides is 1. The Morgan fingerprint density at radius 3 is 2.50 bits per heavy atom. The first-order chi connectivity index (χ1) is 4.77. The fourth-order valence-electron chi connectivity index (χ4n) is 0.136. The zero-order chi connectivity index (χ0) is 7.82. The minimum atomic E-state index is -0.381. The van der Waals surface area contributed by atoms with E-state index < -0.39 is 0 Å². The minimum Gasteiger partial charge on any atom is -0.369 e. The highest BCUT2D eigenvalue weighted by Crippen LogP contribution is 1.78. The van der Waals surface area contributed by atoms with Gasteiger partial charge in [-0.15, -0.1) is 5.10 Å². The van der Waals surface area contributed by atoms with Gasteiger partial charge in [-0.05, 0) is 11.5 Å². The van der Waals surface area contributed by atoms with E-state index in [-0.39, 0.29) is 11.7 Å². The topological polar surface area (TPSA) is 68.9 Å². The van der Waals surface area contributed by atoms with E-state index in [1.54, 1.807) is 6.20 Å². The fraction of sp³-hybridized carbons (Fsp3) is 0.250. The smallest absolute Gasteiger partial charge is 0.227 e. The van der Waals surface area contributed by atoms with Gasteiger partial charge in [0.1, 0.15) is 0 Å². The molecule has 0 atom stereocenters. The molecule has 1 rings (SSSR count). The normalized spacial score (nSPS) is 7.70. The molecule has 0 radical (unpaired) electrons. The molecule has 0 aromatic carbocycles. The van der Waals surface area contributed by atoms with Crippen LogP contribution in [-0.2, 0) is 4.79 Å². The highest BCUT2D eigenvalue weighted by atomic mass is 32.1. The van der Waals surface area contributed by atoms with Gasteiger partial charge in [0.25, 0.3) is 0 Å². The maximum atomic E-state index is 9.51. The van der Waals surface area contributed by atoms with Gasteiger partial charge < -0.3 is 5.73 Å². The number of thiol groups is 1. The van der Waals surface area contributed by atoms with Crippen LogP contribution in [0.1, 0.15) is 0 Å². The third-order valence-electron chi connectivity index (χ3n) is 0.439. The Hall–Kier alpha value is -0.620. The molecule has 10 heavy (non-hydrogen) atoms. The van der Waals surface area contributed by atoms with Gasteiger partial charge >= 0.3 is 0 Å². The molecule has 0 spiro atoms. The Balaban J connectivity index is 0.000000162. The number of nitrogens with zero attached hydrogens (tertiary/aromatic N) is 2. The number of aromatic nitrogens is 2. The predicted molar refractivity (Wildman–Crippen MR) is 43.0 cm³/mol. The number of nitrogens with two attached hydrogens (primary N) is 1. The average molecular weight is 177 g/mol. The molecule has 1 aromatic rings. The molecule has 1 amide bonds. The highest BCUT2D eigenvalue weighted by molar-refractivity contribution is 7.81. The summed E-state index contributed by atoms with van der Waals surface area (Å²) >= 11 is 4.89. The minimum absolute atomic E-state index is 0.139. The molecular weight excluding hydrogens is 170 g/mol. The predicted octanol–water partition coefficient (Wildman–Crippen LogP) is -0.0604. The van der Waals surface area contributed by atoms with Crippen molar-refractivity contribution < 1.29 is 4.79 Å². The second-order valence-corrected chi connectivity index (χ2v) is 2.17. The summed E-state index contributed by atoms with van der Waals surface area (Å²) in [6.07, 6.45) is 1.66.